The van der Waals surface area contributed by atoms with Crippen LogP contribution in [-0.2, 0) is 15.8 Å². The largest absolute Gasteiger partial charge is 0.399 e. The number of nitrogens with two attached hydrogens (primary N) is 1. The summed E-state index contributed by atoms with van der Waals surface area (Å²) in [6.45, 7) is 5.67. The van der Waals surface area contributed by atoms with Gasteiger partial charge in [0.15, 0.2) is 0 Å². The van der Waals surface area contributed by atoms with Gasteiger partial charge in [0.05, 0.1) is 5.75 Å². The second kappa shape index (κ2) is 7.24. The molecular weight excluding hydrogens is 286 g/mol. The van der Waals surface area contributed by atoms with E-state index in [9.17, 15) is 8.42 Å². The van der Waals surface area contributed by atoms with Gasteiger partial charge in [-0.25, -0.2) is 13.1 Å². The highest BCUT2D eigenvalue weighted by Gasteiger charge is 2.16. The maximum absolute atomic E-state index is 12.0. The topological polar surface area (TPSA) is 75.4 Å². The van der Waals surface area contributed by atoms with Crippen LogP contribution in [0.5, 0.6) is 0 Å². The van der Waals surface area contributed by atoms with Crippen LogP contribution in [0, 0.1) is 5.92 Å². The summed E-state index contributed by atoms with van der Waals surface area (Å²) in [6.07, 6.45) is 2.41. The van der Waals surface area contributed by atoms with E-state index in [1.807, 2.05) is 0 Å². The zero-order chi connectivity index (χ0) is 15.3. The third-order valence-electron chi connectivity index (χ3n) is 3.96. The summed E-state index contributed by atoms with van der Waals surface area (Å²) in [6, 6.07) is 6.95. The number of likely N-dealkylation sites (tertiary alicyclic amines) is 1. The molecule has 1 aromatic rings. The third-order valence-corrected chi connectivity index (χ3v) is 5.32. The van der Waals surface area contributed by atoms with E-state index >= 15 is 0 Å². The fourth-order valence-corrected chi connectivity index (χ4v) is 3.66. The maximum atomic E-state index is 12.0. The molecule has 0 radical (unpaired) electrons. The van der Waals surface area contributed by atoms with Gasteiger partial charge in [0.25, 0.3) is 0 Å². The van der Waals surface area contributed by atoms with Crippen LogP contribution in [0.25, 0.3) is 0 Å². The standard InChI is InChI=1S/C15H25N3O2S/c1-13-6-9-18(10-7-13)11-8-17-21(19,20)12-14-2-4-15(16)5-3-14/h2-5,13,17H,6-12,16H2,1H3. The number of hydrogen-bond acceptors (Lipinski definition) is 4. The molecule has 0 aromatic heterocycles. The molecule has 0 atom stereocenters. The lowest BCUT2D eigenvalue weighted by Gasteiger charge is -2.30. The van der Waals surface area contributed by atoms with Crippen LogP contribution in [0.4, 0.5) is 5.69 Å². The van der Waals surface area contributed by atoms with Crippen molar-refractivity contribution in [2.24, 2.45) is 5.92 Å². The van der Waals surface area contributed by atoms with E-state index in [-0.39, 0.29) is 5.75 Å². The first-order valence-electron chi connectivity index (χ1n) is 7.49. The second-order valence-corrected chi connectivity index (χ2v) is 7.73. The van der Waals surface area contributed by atoms with Gasteiger partial charge in [-0.2, -0.15) is 0 Å². The first-order valence-corrected chi connectivity index (χ1v) is 9.14. The summed E-state index contributed by atoms with van der Waals surface area (Å²) in [7, 11) is -3.28. The highest BCUT2D eigenvalue weighted by Crippen LogP contribution is 2.15. The molecule has 0 bridgehead atoms. The van der Waals surface area contributed by atoms with E-state index in [1.165, 1.54) is 12.8 Å². The summed E-state index contributed by atoms with van der Waals surface area (Å²) in [5.41, 5.74) is 6.99. The zero-order valence-electron chi connectivity index (χ0n) is 12.6. The van der Waals surface area contributed by atoms with E-state index in [2.05, 4.69) is 16.5 Å². The quantitative estimate of drug-likeness (QED) is 0.779. The maximum Gasteiger partial charge on any atom is 0.215 e. The van der Waals surface area contributed by atoms with Gasteiger partial charge in [0.1, 0.15) is 0 Å². The molecule has 1 fully saturated rings. The minimum Gasteiger partial charge on any atom is -0.399 e. The van der Waals surface area contributed by atoms with Crippen molar-refractivity contribution in [1.29, 1.82) is 0 Å². The van der Waals surface area contributed by atoms with Crippen molar-refractivity contribution < 1.29 is 8.42 Å². The molecule has 5 nitrogen and oxygen atoms in total. The van der Waals surface area contributed by atoms with Crippen LogP contribution >= 0.6 is 0 Å². The molecule has 1 heterocycles. The van der Waals surface area contributed by atoms with Gasteiger partial charge < -0.3 is 10.6 Å². The van der Waals surface area contributed by atoms with Crippen molar-refractivity contribution >= 4 is 15.7 Å². The van der Waals surface area contributed by atoms with Gasteiger partial charge >= 0.3 is 0 Å². The highest BCUT2D eigenvalue weighted by molar-refractivity contribution is 7.88. The Morgan fingerprint density at radius 3 is 2.48 bits per heavy atom. The molecular formula is C15H25N3O2S. The van der Waals surface area contributed by atoms with E-state index < -0.39 is 10.0 Å². The molecule has 0 saturated carbocycles. The Morgan fingerprint density at radius 2 is 1.86 bits per heavy atom. The fraction of sp³-hybridized carbons (Fsp3) is 0.600. The number of benzene rings is 1. The Morgan fingerprint density at radius 1 is 1.24 bits per heavy atom. The summed E-state index contributed by atoms with van der Waals surface area (Å²) in [5.74, 6) is 0.799. The Kier molecular flexibility index (Phi) is 5.61. The van der Waals surface area contributed by atoms with Crippen molar-refractivity contribution in [2.45, 2.75) is 25.5 Å². The lowest BCUT2D eigenvalue weighted by molar-refractivity contribution is 0.195. The predicted octanol–water partition coefficient (Wildman–Crippen LogP) is 1.42. The van der Waals surface area contributed by atoms with E-state index in [0.717, 1.165) is 31.1 Å². The molecule has 1 aliphatic heterocycles. The Hall–Kier alpha value is -1.11. The SMILES string of the molecule is CC1CCN(CCNS(=O)(=O)Cc2ccc(N)cc2)CC1. The number of hydrogen-bond donors (Lipinski definition) is 2. The molecule has 0 unspecified atom stereocenters. The number of rotatable bonds is 6. The number of nitrogens with one attached hydrogen (secondary N) is 1. The zero-order valence-corrected chi connectivity index (χ0v) is 13.4. The molecule has 21 heavy (non-hydrogen) atoms. The molecule has 0 spiro atoms. The molecule has 1 saturated heterocycles. The van der Waals surface area contributed by atoms with E-state index in [1.54, 1.807) is 24.3 Å². The van der Waals surface area contributed by atoms with Crippen LogP contribution in [0.1, 0.15) is 25.3 Å². The van der Waals surface area contributed by atoms with Gasteiger partial charge in [-0.05, 0) is 49.5 Å². The first kappa shape index (κ1) is 16.3. The van der Waals surface area contributed by atoms with Crippen molar-refractivity contribution in [3.63, 3.8) is 0 Å². The van der Waals surface area contributed by atoms with Gasteiger partial charge in [0, 0.05) is 18.8 Å². The van der Waals surface area contributed by atoms with Crippen LogP contribution < -0.4 is 10.5 Å². The van der Waals surface area contributed by atoms with Gasteiger partial charge in [-0.3, -0.25) is 0 Å². The predicted molar refractivity (Wildman–Crippen MR) is 86.3 cm³/mol. The van der Waals surface area contributed by atoms with E-state index in [4.69, 9.17) is 5.73 Å². The number of nitrogens with zero attached hydrogens (tertiary/aromatic N) is 1. The fourth-order valence-electron chi connectivity index (χ4n) is 2.53. The monoisotopic (exact) mass is 311 g/mol. The Labute approximate surface area is 127 Å². The van der Waals surface area contributed by atoms with Crippen LogP contribution in [-0.4, -0.2) is 39.5 Å². The van der Waals surface area contributed by atoms with Crippen molar-refractivity contribution in [2.75, 3.05) is 31.9 Å². The number of piperidine rings is 1. The molecule has 6 heteroatoms. The third kappa shape index (κ3) is 5.65. The lowest BCUT2D eigenvalue weighted by atomic mass is 9.99. The molecule has 1 aromatic carbocycles. The molecule has 0 aliphatic carbocycles. The highest BCUT2D eigenvalue weighted by atomic mass is 32.2. The molecule has 2 rings (SSSR count). The number of sulfonamides is 1. The minimum absolute atomic E-state index is 0.00428. The van der Waals surface area contributed by atoms with Crippen molar-refractivity contribution in [3.8, 4) is 0 Å². The Balaban J connectivity index is 1.75. The van der Waals surface area contributed by atoms with Crippen LogP contribution in [0.3, 0.4) is 0 Å². The average molecular weight is 311 g/mol. The van der Waals surface area contributed by atoms with E-state index in [0.29, 0.717) is 12.2 Å². The van der Waals surface area contributed by atoms with Gasteiger partial charge in [0.2, 0.25) is 10.0 Å². The molecule has 1 aliphatic rings. The molecule has 118 valence electrons. The summed E-state index contributed by atoms with van der Waals surface area (Å²) >= 11 is 0. The normalized spacial score (nSPS) is 18.0. The lowest BCUT2D eigenvalue weighted by Crippen LogP contribution is -2.39. The number of anilines is 1. The minimum atomic E-state index is -3.28. The summed E-state index contributed by atoms with van der Waals surface area (Å²) in [4.78, 5) is 2.33. The second-order valence-electron chi connectivity index (χ2n) is 5.92. The van der Waals surface area contributed by atoms with Crippen LogP contribution in [0.15, 0.2) is 24.3 Å². The molecule has 0 amide bonds. The average Bonchev–Trinajstić information content (AvgIpc) is 2.43. The summed E-state index contributed by atoms with van der Waals surface area (Å²) < 4.78 is 26.7. The smallest absolute Gasteiger partial charge is 0.215 e. The van der Waals surface area contributed by atoms with Crippen LogP contribution in [0.2, 0.25) is 0 Å². The van der Waals surface area contributed by atoms with Crippen molar-refractivity contribution in [1.82, 2.24) is 9.62 Å². The summed E-state index contributed by atoms with van der Waals surface area (Å²) in [5, 5.41) is 0. The first-order chi connectivity index (χ1) is 9.94. The van der Waals surface area contributed by atoms with Gasteiger partial charge in [-0.15, -0.1) is 0 Å². The Bertz CT molecular complexity index is 535. The number of nitrogen functional groups attached to an aromatic ring is 1. The molecule has 3 N–H and O–H groups in total. The van der Waals surface area contributed by atoms with Gasteiger partial charge in [-0.1, -0.05) is 19.1 Å². The van der Waals surface area contributed by atoms with Crippen molar-refractivity contribution in [3.05, 3.63) is 29.8 Å².